The Kier molecular flexibility index (Phi) is 3.84. The minimum Gasteiger partial charge on any atom is -0.467 e. The molecule has 4 aromatic heterocycles. The van der Waals surface area contributed by atoms with Crippen molar-refractivity contribution in [2.45, 2.75) is 25.8 Å². The first-order chi connectivity index (χ1) is 14.4. The lowest BCUT2D eigenvalue weighted by Crippen LogP contribution is -2.00. The Morgan fingerprint density at radius 2 is 1.90 bits per heavy atom. The van der Waals surface area contributed by atoms with E-state index in [1.54, 1.807) is 23.9 Å². The standard InChI is InChI=1S/C23H18N4OS/c1-2-6-14(7-3-1)19-17-10-4-9-16(17)18-20-21(29-23(18)27-19)22(26-13-25-20)24-12-15-8-5-11-28-15/h1-3,5-8,11,13H,4,9-10,12H2,(H,24,25,26). The van der Waals surface area contributed by atoms with E-state index in [1.807, 2.05) is 18.2 Å². The number of hydrogen-bond donors (Lipinski definition) is 1. The Labute approximate surface area is 171 Å². The molecule has 5 nitrogen and oxygen atoms in total. The van der Waals surface area contributed by atoms with Gasteiger partial charge in [-0.25, -0.2) is 15.0 Å². The van der Waals surface area contributed by atoms with Crippen LogP contribution in [0.2, 0.25) is 0 Å². The molecule has 5 aromatic rings. The van der Waals surface area contributed by atoms with Crippen molar-refractivity contribution >= 4 is 37.6 Å². The maximum Gasteiger partial charge on any atom is 0.147 e. The Morgan fingerprint density at radius 1 is 1.00 bits per heavy atom. The van der Waals surface area contributed by atoms with E-state index in [-0.39, 0.29) is 0 Å². The van der Waals surface area contributed by atoms with Crippen LogP contribution in [0.4, 0.5) is 5.82 Å². The van der Waals surface area contributed by atoms with E-state index < -0.39 is 0 Å². The second-order valence-electron chi connectivity index (χ2n) is 7.25. The molecule has 0 radical (unpaired) electrons. The van der Waals surface area contributed by atoms with Crippen LogP contribution < -0.4 is 5.32 Å². The minimum atomic E-state index is 0.591. The minimum absolute atomic E-state index is 0.591. The van der Waals surface area contributed by atoms with Gasteiger partial charge in [-0.15, -0.1) is 11.3 Å². The van der Waals surface area contributed by atoms with Gasteiger partial charge in [0, 0.05) is 10.9 Å². The van der Waals surface area contributed by atoms with Crippen molar-refractivity contribution in [2.75, 3.05) is 5.32 Å². The fraction of sp³-hybridized carbons (Fsp3) is 0.174. The van der Waals surface area contributed by atoms with E-state index in [2.05, 4.69) is 39.6 Å². The molecule has 0 saturated carbocycles. The molecule has 0 spiro atoms. The molecule has 0 amide bonds. The summed E-state index contributed by atoms with van der Waals surface area (Å²) in [7, 11) is 0. The molecule has 6 heteroatoms. The first-order valence-corrected chi connectivity index (χ1v) is 10.6. The third-order valence-corrected chi connectivity index (χ3v) is 6.61. The van der Waals surface area contributed by atoms with Crippen LogP contribution >= 0.6 is 11.3 Å². The summed E-state index contributed by atoms with van der Waals surface area (Å²) in [6.07, 6.45) is 6.66. The van der Waals surface area contributed by atoms with Crippen LogP contribution in [0.5, 0.6) is 0 Å². The number of benzene rings is 1. The Hall–Kier alpha value is -3.25. The molecule has 1 aromatic carbocycles. The van der Waals surface area contributed by atoms with Crippen molar-refractivity contribution in [3.8, 4) is 11.3 Å². The number of aromatic nitrogens is 3. The average molecular weight is 398 g/mol. The highest BCUT2D eigenvalue weighted by atomic mass is 32.1. The monoisotopic (exact) mass is 398 g/mol. The molecular formula is C23H18N4OS. The molecule has 1 aliphatic rings. The maximum atomic E-state index is 5.44. The number of nitrogens with zero attached hydrogens (tertiary/aromatic N) is 3. The second-order valence-corrected chi connectivity index (χ2v) is 8.25. The number of furan rings is 1. The Balaban J connectivity index is 1.54. The molecule has 0 unspecified atom stereocenters. The largest absolute Gasteiger partial charge is 0.467 e. The zero-order chi connectivity index (χ0) is 19.2. The van der Waals surface area contributed by atoms with E-state index >= 15 is 0 Å². The van der Waals surface area contributed by atoms with E-state index in [0.717, 1.165) is 45.2 Å². The number of rotatable bonds is 4. The van der Waals surface area contributed by atoms with Gasteiger partial charge in [0.05, 0.1) is 28.7 Å². The molecule has 0 fully saturated rings. The summed E-state index contributed by atoms with van der Waals surface area (Å²) in [6.45, 7) is 0.591. The summed E-state index contributed by atoms with van der Waals surface area (Å²) in [5, 5.41) is 4.61. The van der Waals surface area contributed by atoms with Crippen LogP contribution in [0.1, 0.15) is 23.3 Å². The van der Waals surface area contributed by atoms with Gasteiger partial charge in [-0.05, 0) is 42.5 Å². The molecule has 142 valence electrons. The molecule has 4 heterocycles. The molecular weight excluding hydrogens is 380 g/mol. The number of hydrogen-bond acceptors (Lipinski definition) is 6. The average Bonchev–Trinajstić information content (AvgIpc) is 3.51. The molecule has 6 rings (SSSR count). The molecule has 0 bridgehead atoms. The number of pyridine rings is 1. The van der Waals surface area contributed by atoms with Crippen molar-refractivity contribution < 1.29 is 4.42 Å². The maximum absolute atomic E-state index is 5.44. The smallest absolute Gasteiger partial charge is 0.147 e. The fourth-order valence-corrected chi connectivity index (χ4v) is 5.37. The predicted octanol–water partition coefficient (Wildman–Crippen LogP) is 5.60. The lowest BCUT2D eigenvalue weighted by atomic mass is 10.0. The zero-order valence-corrected chi connectivity index (χ0v) is 16.5. The molecule has 1 aliphatic carbocycles. The summed E-state index contributed by atoms with van der Waals surface area (Å²) in [6, 6.07) is 14.4. The van der Waals surface area contributed by atoms with Gasteiger partial charge in [0.25, 0.3) is 0 Å². The lowest BCUT2D eigenvalue weighted by molar-refractivity contribution is 0.518. The lowest BCUT2D eigenvalue weighted by Gasteiger charge is -2.09. The molecule has 0 saturated heterocycles. The topological polar surface area (TPSA) is 63.8 Å². The fourth-order valence-electron chi connectivity index (χ4n) is 4.24. The van der Waals surface area contributed by atoms with Crippen LogP contribution in [0.3, 0.4) is 0 Å². The van der Waals surface area contributed by atoms with Gasteiger partial charge in [-0.2, -0.15) is 0 Å². The highest BCUT2D eigenvalue weighted by Gasteiger charge is 2.24. The van der Waals surface area contributed by atoms with Gasteiger partial charge in [0.15, 0.2) is 0 Å². The summed E-state index contributed by atoms with van der Waals surface area (Å²) >= 11 is 1.67. The second kappa shape index (κ2) is 6.67. The van der Waals surface area contributed by atoms with Crippen molar-refractivity contribution in [3.05, 3.63) is 71.9 Å². The first-order valence-electron chi connectivity index (χ1n) is 9.79. The van der Waals surface area contributed by atoms with Crippen molar-refractivity contribution in [1.82, 2.24) is 15.0 Å². The SMILES string of the molecule is c1ccc(-c2nc3sc4c(NCc5ccco5)ncnc4c3c3c2CCC3)cc1. The van der Waals surface area contributed by atoms with E-state index in [9.17, 15) is 0 Å². The van der Waals surface area contributed by atoms with Crippen LogP contribution in [-0.4, -0.2) is 15.0 Å². The number of fused-ring (bicyclic) bond motifs is 5. The number of aryl methyl sites for hydroxylation is 1. The van der Waals surface area contributed by atoms with E-state index in [1.165, 1.54) is 28.5 Å². The number of nitrogens with one attached hydrogen (secondary N) is 1. The number of thiophene rings is 1. The molecule has 0 atom stereocenters. The van der Waals surface area contributed by atoms with Crippen LogP contribution in [0.15, 0.2) is 59.5 Å². The molecule has 0 aliphatic heterocycles. The van der Waals surface area contributed by atoms with Crippen LogP contribution in [0, 0.1) is 0 Å². The summed E-state index contributed by atoms with van der Waals surface area (Å²) in [5.74, 6) is 1.71. The van der Waals surface area contributed by atoms with E-state index in [4.69, 9.17) is 9.40 Å². The van der Waals surface area contributed by atoms with Gasteiger partial charge < -0.3 is 9.73 Å². The summed E-state index contributed by atoms with van der Waals surface area (Å²) in [4.78, 5) is 15.3. The van der Waals surface area contributed by atoms with Crippen molar-refractivity contribution in [3.63, 3.8) is 0 Å². The predicted molar refractivity (Wildman–Crippen MR) is 116 cm³/mol. The Bertz CT molecular complexity index is 1330. The summed E-state index contributed by atoms with van der Waals surface area (Å²) in [5.41, 5.74) is 6.11. The Morgan fingerprint density at radius 3 is 2.76 bits per heavy atom. The van der Waals surface area contributed by atoms with Gasteiger partial charge in [0.1, 0.15) is 22.7 Å². The van der Waals surface area contributed by atoms with Crippen molar-refractivity contribution in [1.29, 1.82) is 0 Å². The van der Waals surface area contributed by atoms with Crippen LogP contribution in [-0.2, 0) is 19.4 Å². The number of anilines is 1. The van der Waals surface area contributed by atoms with Gasteiger partial charge >= 0.3 is 0 Å². The highest BCUT2D eigenvalue weighted by molar-refractivity contribution is 7.26. The van der Waals surface area contributed by atoms with Gasteiger partial charge in [0.2, 0.25) is 0 Å². The molecule has 1 N–H and O–H groups in total. The van der Waals surface area contributed by atoms with E-state index in [0.29, 0.717) is 6.54 Å². The molecule has 29 heavy (non-hydrogen) atoms. The van der Waals surface area contributed by atoms with Crippen molar-refractivity contribution in [2.24, 2.45) is 0 Å². The third-order valence-electron chi connectivity index (χ3n) is 5.53. The van der Waals surface area contributed by atoms with Gasteiger partial charge in [-0.3, -0.25) is 0 Å². The zero-order valence-electron chi connectivity index (χ0n) is 15.7. The first kappa shape index (κ1) is 16.7. The third kappa shape index (κ3) is 2.71. The van der Waals surface area contributed by atoms with Crippen LogP contribution in [0.25, 0.3) is 31.7 Å². The highest BCUT2D eigenvalue weighted by Crippen LogP contribution is 2.43. The quantitative estimate of drug-likeness (QED) is 0.427. The normalized spacial score (nSPS) is 13.2. The van der Waals surface area contributed by atoms with Gasteiger partial charge in [-0.1, -0.05) is 30.3 Å². The summed E-state index contributed by atoms with van der Waals surface area (Å²) < 4.78 is 6.49.